The molecule has 4 rings (SSSR count). The molecule has 3 heterocycles. The number of carbonyl (C=O) groups excluding carboxylic acids is 1. The predicted molar refractivity (Wildman–Crippen MR) is 87.5 cm³/mol. The minimum absolute atomic E-state index is 0.129. The van der Waals surface area contributed by atoms with Gasteiger partial charge in [-0.05, 0) is 32.1 Å². The normalized spacial score (nSPS) is 22.6. The number of carbonyl (C=O) groups is 1. The second-order valence-electron chi connectivity index (χ2n) is 6.90. The van der Waals surface area contributed by atoms with Crippen molar-refractivity contribution >= 4 is 17.2 Å². The predicted octanol–water partition coefficient (Wildman–Crippen LogP) is 2.30. The van der Waals surface area contributed by atoms with Crippen molar-refractivity contribution in [2.75, 3.05) is 13.1 Å². The maximum atomic E-state index is 13.0. The summed E-state index contributed by atoms with van der Waals surface area (Å²) in [5.41, 5.74) is 1.05. The zero-order valence-corrected chi connectivity index (χ0v) is 14.6. The quantitative estimate of drug-likeness (QED) is 0.847. The second-order valence-corrected chi connectivity index (χ2v) is 8.10. The molecule has 2 aliphatic rings. The molecule has 7 heteroatoms. The Bertz CT molecular complexity index is 760. The lowest BCUT2D eigenvalue weighted by atomic mass is 9.62. The standard InChI is InChI=1S/C16H21N5OS/c1-10-13(23-11(2)18-10)15(22)21-7-12(14-19-17-9-20(14)3)16(8-21)5-4-6-16/h9,12H,4-8H2,1-3H3. The zero-order valence-electron chi connectivity index (χ0n) is 13.7. The van der Waals surface area contributed by atoms with Gasteiger partial charge in [-0.25, -0.2) is 4.98 Å². The van der Waals surface area contributed by atoms with E-state index in [1.165, 1.54) is 30.6 Å². The number of amides is 1. The first-order valence-electron chi connectivity index (χ1n) is 8.07. The number of hydrogen-bond donors (Lipinski definition) is 0. The van der Waals surface area contributed by atoms with Crippen LogP contribution in [-0.2, 0) is 7.05 Å². The maximum absolute atomic E-state index is 13.0. The number of rotatable bonds is 2. The number of nitrogens with zero attached hydrogens (tertiary/aromatic N) is 5. The van der Waals surface area contributed by atoms with E-state index < -0.39 is 0 Å². The Morgan fingerprint density at radius 3 is 2.70 bits per heavy atom. The molecule has 2 fully saturated rings. The van der Waals surface area contributed by atoms with Gasteiger partial charge in [-0.1, -0.05) is 6.42 Å². The smallest absolute Gasteiger partial charge is 0.265 e. The summed E-state index contributed by atoms with van der Waals surface area (Å²) in [4.78, 5) is 20.2. The van der Waals surface area contributed by atoms with Gasteiger partial charge in [0.25, 0.3) is 5.91 Å². The van der Waals surface area contributed by atoms with Crippen LogP contribution in [0.3, 0.4) is 0 Å². The van der Waals surface area contributed by atoms with Gasteiger partial charge in [0.1, 0.15) is 17.0 Å². The molecule has 1 spiro atoms. The Labute approximate surface area is 139 Å². The summed E-state index contributed by atoms with van der Waals surface area (Å²) in [7, 11) is 1.99. The van der Waals surface area contributed by atoms with Crippen molar-refractivity contribution in [3.8, 4) is 0 Å². The van der Waals surface area contributed by atoms with Crippen molar-refractivity contribution in [3.63, 3.8) is 0 Å². The Morgan fingerprint density at radius 2 is 2.17 bits per heavy atom. The summed E-state index contributed by atoms with van der Waals surface area (Å²) in [6, 6.07) is 0. The van der Waals surface area contributed by atoms with Crippen LogP contribution in [0.15, 0.2) is 6.33 Å². The molecule has 0 aromatic carbocycles. The summed E-state index contributed by atoms with van der Waals surface area (Å²) in [5, 5.41) is 9.32. The molecule has 1 saturated heterocycles. The van der Waals surface area contributed by atoms with Crippen LogP contribution >= 0.6 is 11.3 Å². The molecular weight excluding hydrogens is 310 g/mol. The molecule has 0 bridgehead atoms. The Kier molecular flexibility index (Phi) is 3.30. The summed E-state index contributed by atoms with van der Waals surface area (Å²) in [6.45, 7) is 5.45. The van der Waals surface area contributed by atoms with E-state index in [0.717, 1.165) is 34.5 Å². The molecule has 1 unspecified atom stereocenters. The van der Waals surface area contributed by atoms with Crippen molar-refractivity contribution in [1.29, 1.82) is 0 Å². The molecule has 0 radical (unpaired) electrons. The SMILES string of the molecule is Cc1nc(C)c(C(=O)N2CC(c3nncn3C)C3(CCC3)C2)s1. The van der Waals surface area contributed by atoms with Crippen LogP contribution in [0.2, 0.25) is 0 Å². The van der Waals surface area contributed by atoms with E-state index in [-0.39, 0.29) is 11.3 Å². The highest BCUT2D eigenvalue weighted by molar-refractivity contribution is 7.13. The summed E-state index contributed by atoms with van der Waals surface area (Å²) >= 11 is 1.50. The second kappa shape index (κ2) is 5.12. The number of aryl methyl sites for hydroxylation is 3. The molecule has 1 atom stereocenters. The van der Waals surface area contributed by atoms with Crippen LogP contribution < -0.4 is 0 Å². The summed E-state index contributed by atoms with van der Waals surface area (Å²) in [5.74, 6) is 1.43. The lowest BCUT2D eigenvalue weighted by molar-refractivity contribution is 0.0727. The molecule has 6 nitrogen and oxygen atoms in total. The fourth-order valence-electron chi connectivity index (χ4n) is 4.10. The summed E-state index contributed by atoms with van der Waals surface area (Å²) < 4.78 is 2.00. The number of hydrogen-bond acceptors (Lipinski definition) is 5. The average molecular weight is 331 g/mol. The third kappa shape index (κ3) is 2.21. The van der Waals surface area contributed by atoms with Crippen LogP contribution in [0.1, 0.15) is 51.4 Å². The number of aromatic nitrogens is 4. The molecule has 1 amide bonds. The average Bonchev–Trinajstić information content (AvgIpc) is 3.13. The molecule has 122 valence electrons. The first kappa shape index (κ1) is 14.8. The van der Waals surface area contributed by atoms with E-state index in [0.29, 0.717) is 5.92 Å². The Balaban J connectivity index is 1.64. The van der Waals surface area contributed by atoms with E-state index in [4.69, 9.17) is 0 Å². The first-order valence-corrected chi connectivity index (χ1v) is 8.89. The summed E-state index contributed by atoms with van der Waals surface area (Å²) in [6.07, 6.45) is 5.35. The molecular formula is C16H21N5OS. The molecule has 1 aliphatic carbocycles. The van der Waals surface area contributed by atoms with Crippen molar-refractivity contribution in [3.05, 3.63) is 27.7 Å². The van der Waals surface area contributed by atoms with Gasteiger partial charge in [0.05, 0.1) is 10.7 Å². The zero-order chi connectivity index (χ0) is 16.2. The van der Waals surface area contributed by atoms with Gasteiger partial charge in [0, 0.05) is 26.1 Å². The fraction of sp³-hybridized carbons (Fsp3) is 0.625. The number of thiazole rings is 1. The van der Waals surface area contributed by atoms with Crippen molar-refractivity contribution in [2.45, 2.75) is 39.0 Å². The molecule has 2 aromatic rings. The van der Waals surface area contributed by atoms with Crippen molar-refractivity contribution in [2.24, 2.45) is 12.5 Å². The Hall–Kier alpha value is -1.76. The van der Waals surface area contributed by atoms with Crippen LogP contribution in [0, 0.1) is 19.3 Å². The molecule has 2 aromatic heterocycles. The minimum atomic E-state index is 0.129. The third-order valence-electron chi connectivity index (χ3n) is 5.44. The monoisotopic (exact) mass is 331 g/mol. The molecule has 1 saturated carbocycles. The van der Waals surface area contributed by atoms with E-state index in [9.17, 15) is 4.79 Å². The van der Waals surface area contributed by atoms with E-state index in [1.54, 1.807) is 6.33 Å². The van der Waals surface area contributed by atoms with Gasteiger partial charge in [0.2, 0.25) is 0 Å². The van der Waals surface area contributed by atoms with Crippen LogP contribution in [0.5, 0.6) is 0 Å². The lowest BCUT2D eigenvalue weighted by Gasteiger charge is -2.42. The maximum Gasteiger partial charge on any atom is 0.265 e. The van der Waals surface area contributed by atoms with Crippen LogP contribution in [0.4, 0.5) is 0 Å². The molecule has 0 N–H and O–H groups in total. The highest BCUT2D eigenvalue weighted by Gasteiger charge is 2.53. The van der Waals surface area contributed by atoms with Gasteiger partial charge >= 0.3 is 0 Å². The van der Waals surface area contributed by atoms with Crippen LogP contribution in [-0.4, -0.2) is 43.6 Å². The molecule has 1 aliphatic heterocycles. The van der Waals surface area contributed by atoms with Gasteiger partial charge in [0.15, 0.2) is 0 Å². The van der Waals surface area contributed by atoms with E-state index in [2.05, 4.69) is 15.2 Å². The van der Waals surface area contributed by atoms with Crippen LogP contribution in [0.25, 0.3) is 0 Å². The highest BCUT2D eigenvalue weighted by Crippen LogP contribution is 2.55. The largest absolute Gasteiger partial charge is 0.337 e. The van der Waals surface area contributed by atoms with Crippen molar-refractivity contribution < 1.29 is 4.79 Å². The highest BCUT2D eigenvalue weighted by atomic mass is 32.1. The fourth-order valence-corrected chi connectivity index (χ4v) is 4.99. The van der Waals surface area contributed by atoms with E-state index in [1.807, 2.05) is 30.4 Å². The van der Waals surface area contributed by atoms with Gasteiger partial charge in [-0.15, -0.1) is 21.5 Å². The topological polar surface area (TPSA) is 63.9 Å². The number of likely N-dealkylation sites (tertiary alicyclic amines) is 1. The third-order valence-corrected chi connectivity index (χ3v) is 6.50. The lowest BCUT2D eigenvalue weighted by Crippen LogP contribution is -2.38. The van der Waals surface area contributed by atoms with Gasteiger partial charge < -0.3 is 9.47 Å². The first-order chi connectivity index (χ1) is 11.0. The molecule has 23 heavy (non-hydrogen) atoms. The Morgan fingerprint density at radius 1 is 1.39 bits per heavy atom. The van der Waals surface area contributed by atoms with E-state index >= 15 is 0 Å². The van der Waals surface area contributed by atoms with Gasteiger partial charge in [-0.3, -0.25) is 4.79 Å². The van der Waals surface area contributed by atoms with Crippen molar-refractivity contribution in [1.82, 2.24) is 24.6 Å². The van der Waals surface area contributed by atoms with Gasteiger partial charge in [-0.2, -0.15) is 0 Å². The minimum Gasteiger partial charge on any atom is -0.337 e.